The molecule has 30 heavy (non-hydrogen) atoms. The summed E-state index contributed by atoms with van der Waals surface area (Å²) in [6, 6.07) is 2.15. The number of likely N-dealkylation sites (N-methyl/N-ethyl adjacent to an activating group) is 1. The van der Waals surface area contributed by atoms with Gasteiger partial charge in [-0.05, 0) is 36.7 Å². The van der Waals surface area contributed by atoms with E-state index in [0.717, 1.165) is 25.6 Å². The number of carboxylic acid groups (broad SMARTS) is 1. The van der Waals surface area contributed by atoms with E-state index in [-0.39, 0.29) is 11.8 Å². The smallest absolute Gasteiger partial charge is 0.449 e. The lowest BCUT2D eigenvalue weighted by Gasteiger charge is -2.23. The van der Waals surface area contributed by atoms with Crippen LogP contribution in [0.2, 0.25) is 0 Å². The van der Waals surface area contributed by atoms with E-state index in [1.807, 2.05) is 4.90 Å². The van der Waals surface area contributed by atoms with E-state index < -0.39 is 35.4 Å². The van der Waals surface area contributed by atoms with Gasteiger partial charge in [0.1, 0.15) is 12.0 Å². The maximum absolute atomic E-state index is 15.1. The van der Waals surface area contributed by atoms with Crippen molar-refractivity contribution in [1.29, 1.82) is 0 Å². The highest BCUT2D eigenvalue weighted by Crippen LogP contribution is 2.42. The predicted molar refractivity (Wildman–Crippen MR) is 107 cm³/mol. The normalized spacial score (nSPS) is 23.8. The molecule has 0 unspecified atom stereocenters. The molecule has 158 valence electrons. The second-order valence-electron chi connectivity index (χ2n) is 8.29. The molecular weight excluding hydrogens is 396 g/mol. The van der Waals surface area contributed by atoms with Crippen LogP contribution in [0.25, 0.3) is 10.9 Å². The minimum atomic E-state index is -1.65. The molecule has 3 aliphatic rings. The minimum Gasteiger partial charge on any atom is -0.449 e. The summed E-state index contributed by atoms with van der Waals surface area (Å²) in [6.45, 7) is 3.07. The first-order chi connectivity index (χ1) is 14.3. The van der Waals surface area contributed by atoms with E-state index in [4.69, 9.17) is 5.11 Å². The van der Waals surface area contributed by atoms with Gasteiger partial charge < -0.3 is 24.2 Å². The highest BCUT2D eigenvalue weighted by Gasteiger charge is 2.40. The van der Waals surface area contributed by atoms with Gasteiger partial charge in [0, 0.05) is 32.6 Å². The van der Waals surface area contributed by atoms with E-state index in [1.165, 1.54) is 21.9 Å². The molecule has 1 aromatic carbocycles. The fourth-order valence-corrected chi connectivity index (χ4v) is 4.52. The van der Waals surface area contributed by atoms with Gasteiger partial charge in [0.2, 0.25) is 5.43 Å². The molecule has 1 N–H and O–H groups in total. The van der Waals surface area contributed by atoms with Crippen molar-refractivity contribution in [2.75, 3.05) is 38.1 Å². The summed E-state index contributed by atoms with van der Waals surface area (Å²) in [7, 11) is 2.06. The molecule has 2 atom stereocenters. The lowest BCUT2D eigenvalue weighted by Crippen LogP contribution is -2.27. The van der Waals surface area contributed by atoms with E-state index in [9.17, 15) is 14.0 Å². The number of hydrogen-bond acceptors (Lipinski definition) is 5. The van der Waals surface area contributed by atoms with E-state index in [1.54, 1.807) is 6.07 Å². The number of nitrogens with zero attached hydrogens (tertiary/aromatic N) is 3. The number of fused-ring (bicyclic) bond motifs is 1. The zero-order valence-electron chi connectivity index (χ0n) is 16.4. The third-order valence-corrected chi connectivity index (χ3v) is 6.16. The number of alkyl halides is 1. The van der Waals surface area contributed by atoms with Crippen molar-refractivity contribution in [3.05, 3.63) is 45.5 Å². The van der Waals surface area contributed by atoms with Gasteiger partial charge in [0.15, 0.2) is 5.75 Å². The number of pyridine rings is 1. The van der Waals surface area contributed by atoms with Crippen molar-refractivity contribution in [3.63, 3.8) is 0 Å². The number of rotatable bonds is 3. The molecule has 5 rings (SSSR count). The molecule has 1 aliphatic carbocycles. The average Bonchev–Trinajstić information content (AvgIpc) is 3.26. The molecule has 0 spiro atoms. The Bertz CT molecular complexity index is 1160. The summed E-state index contributed by atoms with van der Waals surface area (Å²) in [5, 5.41) is 8.87. The molecule has 0 radical (unpaired) electrons. The van der Waals surface area contributed by atoms with Crippen LogP contribution in [0.15, 0.2) is 34.3 Å². The number of aromatic nitrogens is 1. The monoisotopic (exact) mass is 417 g/mol. The van der Waals surface area contributed by atoms with Crippen LogP contribution < -0.4 is 15.1 Å². The first kappa shape index (κ1) is 19.0. The van der Waals surface area contributed by atoms with Gasteiger partial charge in [-0.15, -0.1) is 0 Å². The first-order valence-electron chi connectivity index (χ1n) is 9.88. The maximum atomic E-state index is 15.1. The largest absolute Gasteiger partial charge is 0.511 e. The molecule has 2 aromatic rings. The molecular formula is C21H21F2N3O4. The Morgan fingerprint density at radius 3 is 2.67 bits per heavy atom. The van der Waals surface area contributed by atoms with Gasteiger partial charge in [-0.25, -0.2) is 13.6 Å². The van der Waals surface area contributed by atoms with Gasteiger partial charge in [-0.2, -0.15) is 0 Å². The van der Waals surface area contributed by atoms with Crippen LogP contribution in [0.1, 0.15) is 18.9 Å². The van der Waals surface area contributed by atoms with Crippen LogP contribution in [-0.2, 0) is 0 Å². The summed E-state index contributed by atoms with van der Waals surface area (Å²) in [6.07, 6.45) is -0.334. The zero-order chi connectivity index (χ0) is 21.2. The van der Waals surface area contributed by atoms with Gasteiger partial charge in [-0.3, -0.25) is 4.79 Å². The average molecular weight is 417 g/mol. The standard InChI is InChI=1S/C21H21F2N3O4/c1-24-3-2-11-8-25(9-12(11)7-24)17-6-16-13(4-14(17)22)20(27)19(30-21(28)29)10-26(16)18-5-15(18)23/h4,6,10,15,18H,2-3,5,7-9H2,1H3,(H,28,29)/t15-,18+/m0/s1. The van der Waals surface area contributed by atoms with E-state index in [2.05, 4.69) is 16.7 Å². The maximum Gasteiger partial charge on any atom is 0.511 e. The Morgan fingerprint density at radius 1 is 1.23 bits per heavy atom. The van der Waals surface area contributed by atoms with Crippen molar-refractivity contribution in [1.82, 2.24) is 9.47 Å². The quantitative estimate of drug-likeness (QED) is 0.612. The third kappa shape index (κ3) is 3.13. The van der Waals surface area contributed by atoms with Gasteiger partial charge in [0.05, 0.1) is 28.8 Å². The van der Waals surface area contributed by atoms with E-state index >= 15 is 4.39 Å². The Morgan fingerprint density at radius 2 is 1.97 bits per heavy atom. The summed E-state index contributed by atoms with van der Waals surface area (Å²) >= 11 is 0. The molecule has 1 saturated carbocycles. The zero-order valence-corrected chi connectivity index (χ0v) is 16.4. The lowest BCUT2D eigenvalue weighted by molar-refractivity contribution is 0.143. The summed E-state index contributed by atoms with van der Waals surface area (Å²) in [4.78, 5) is 27.8. The number of hydrogen-bond donors (Lipinski definition) is 1. The number of anilines is 1. The van der Waals surface area contributed by atoms with Crippen molar-refractivity contribution in [2.45, 2.75) is 25.1 Å². The van der Waals surface area contributed by atoms with Crippen molar-refractivity contribution < 1.29 is 23.4 Å². The van der Waals surface area contributed by atoms with Crippen molar-refractivity contribution in [3.8, 4) is 5.75 Å². The number of ether oxygens (including phenoxy) is 1. The SMILES string of the molecule is CN1CCC2=C(C1)CN(c1cc3c(cc1F)c(=O)c(OC(=O)O)cn3[C@@H]1C[C@@H]1F)C2. The van der Waals surface area contributed by atoms with Gasteiger partial charge >= 0.3 is 6.16 Å². The molecule has 3 heterocycles. The highest BCUT2D eigenvalue weighted by atomic mass is 19.1. The van der Waals surface area contributed by atoms with Crippen molar-refractivity contribution in [2.24, 2.45) is 0 Å². The Hall–Kier alpha value is -2.94. The number of benzene rings is 1. The molecule has 1 fully saturated rings. The molecule has 0 saturated heterocycles. The molecule has 9 heteroatoms. The fraction of sp³-hybridized carbons (Fsp3) is 0.429. The summed E-state index contributed by atoms with van der Waals surface area (Å²) < 4.78 is 35.0. The predicted octanol–water partition coefficient (Wildman–Crippen LogP) is 2.93. The Labute approximate surface area is 170 Å². The van der Waals surface area contributed by atoms with Crippen LogP contribution in [0, 0.1) is 5.82 Å². The fourth-order valence-electron chi connectivity index (χ4n) is 4.52. The van der Waals surface area contributed by atoms with Crippen LogP contribution in [0.5, 0.6) is 5.75 Å². The van der Waals surface area contributed by atoms with Crippen molar-refractivity contribution >= 4 is 22.7 Å². The topological polar surface area (TPSA) is 75.0 Å². The summed E-state index contributed by atoms with van der Waals surface area (Å²) in [5.41, 5.74) is 2.61. The first-order valence-corrected chi connectivity index (χ1v) is 9.88. The Kier molecular flexibility index (Phi) is 4.32. The van der Waals surface area contributed by atoms with Gasteiger partial charge in [-0.1, -0.05) is 0 Å². The number of carbonyl (C=O) groups is 1. The molecule has 7 nitrogen and oxygen atoms in total. The third-order valence-electron chi connectivity index (χ3n) is 6.16. The van der Waals surface area contributed by atoms with Crippen LogP contribution in [0.3, 0.4) is 0 Å². The van der Waals surface area contributed by atoms with Crippen LogP contribution in [-0.4, -0.2) is 60.1 Å². The highest BCUT2D eigenvalue weighted by molar-refractivity contribution is 5.85. The Balaban J connectivity index is 1.59. The minimum absolute atomic E-state index is 0.0225. The molecule has 0 amide bonds. The van der Waals surface area contributed by atoms with Gasteiger partial charge in [0.25, 0.3) is 0 Å². The number of halogens is 2. The lowest BCUT2D eigenvalue weighted by atomic mass is 10.0. The molecule has 0 bridgehead atoms. The van der Waals surface area contributed by atoms with Crippen LogP contribution >= 0.6 is 0 Å². The second-order valence-corrected chi connectivity index (χ2v) is 8.29. The van der Waals surface area contributed by atoms with Crippen LogP contribution in [0.4, 0.5) is 19.3 Å². The van der Waals surface area contributed by atoms with E-state index in [0.29, 0.717) is 24.3 Å². The summed E-state index contributed by atoms with van der Waals surface area (Å²) in [5.74, 6) is -1.03. The molecule has 2 aliphatic heterocycles. The molecule has 1 aromatic heterocycles. The second kappa shape index (κ2) is 6.80.